The third kappa shape index (κ3) is 4.08. The number of carboxylic acids is 1. The fourth-order valence-electron chi connectivity index (χ4n) is 4.75. The quantitative estimate of drug-likeness (QED) is 0.379. The number of carbonyl (C=O) groups is 1. The van der Waals surface area contributed by atoms with Crippen molar-refractivity contribution >= 4 is 27.8 Å². The second kappa shape index (κ2) is 8.69. The Morgan fingerprint density at radius 3 is 2.06 bits per heavy atom. The normalized spacial score (nSPS) is 20.2. The van der Waals surface area contributed by atoms with Gasteiger partial charge in [0.25, 0.3) is 0 Å². The number of aromatic nitrogens is 2. The summed E-state index contributed by atoms with van der Waals surface area (Å²) in [6.45, 7) is 1.98. The van der Waals surface area contributed by atoms with Gasteiger partial charge < -0.3 is 5.11 Å². The predicted molar refractivity (Wildman–Crippen MR) is 120 cm³/mol. The van der Waals surface area contributed by atoms with Gasteiger partial charge in [-0.2, -0.15) is 0 Å². The number of nitrogens with zero attached hydrogens (tertiary/aromatic N) is 2. The monoisotopic (exact) mass is 621 g/mol. The van der Waals surface area contributed by atoms with Crippen LogP contribution in [-0.4, -0.2) is 17.1 Å². The first-order valence-electron chi connectivity index (χ1n) is 11.3. The van der Waals surface area contributed by atoms with E-state index in [0.717, 1.165) is 12.8 Å². The maximum absolute atomic E-state index is 9.76. The Labute approximate surface area is 186 Å². The van der Waals surface area contributed by atoms with Crippen LogP contribution >= 0.6 is 0 Å². The molecule has 1 saturated carbocycles. The minimum absolute atomic E-state index is 0.316. The summed E-state index contributed by atoms with van der Waals surface area (Å²) in [5, 5.41) is 10.6. The van der Waals surface area contributed by atoms with Crippen LogP contribution < -0.4 is 12.0 Å². The molecule has 3 aromatic rings. The summed E-state index contributed by atoms with van der Waals surface area (Å²) in [5.74, 6) is -0.693. The third-order valence-corrected chi connectivity index (χ3v) is 19.0. The van der Waals surface area contributed by atoms with E-state index in [1.165, 1.54) is 53.9 Å². The van der Waals surface area contributed by atoms with Crippen LogP contribution in [-0.2, 0) is 4.79 Å². The molecule has 0 atom stereocenters. The van der Waals surface area contributed by atoms with Crippen molar-refractivity contribution in [2.75, 3.05) is 0 Å². The molecule has 0 spiro atoms. The van der Waals surface area contributed by atoms with Crippen molar-refractivity contribution in [3.63, 3.8) is 0 Å². The van der Waals surface area contributed by atoms with Gasteiger partial charge in [0.2, 0.25) is 0 Å². The molecule has 0 amide bonds. The van der Waals surface area contributed by atoms with Gasteiger partial charge in [0.1, 0.15) is 0 Å². The number of hydrogen-bond donors (Lipinski definition) is 3. The first kappa shape index (κ1) is 22.5. The van der Waals surface area contributed by atoms with E-state index in [-0.39, 0.29) is 0 Å². The Morgan fingerprint density at radius 2 is 1.61 bits per heavy atom. The average molecular weight is 622 g/mol. The number of benzene rings is 1. The minimum atomic E-state index is -3.99. The standard InChI is InChI=1S/C19H25AtN4.C5H10O2/c1-20(21,22-17-9-3-2-4-10-17)23-13-5-7-15-11-12-16-8-6-14-24(20)19(16)18(15)23;1-2-3-4-5(6)7/h5-8,11-14,17,22H,2-4,9-10,21H2,1H3;2-4H2,1H3,(H,6,7)/q+2;. The van der Waals surface area contributed by atoms with Crippen molar-refractivity contribution < 1.29 is 34.9 Å². The fourth-order valence-corrected chi connectivity index (χ4v) is 17.5. The zero-order valence-corrected chi connectivity index (χ0v) is 21.5. The summed E-state index contributed by atoms with van der Waals surface area (Å²) in [4.78, 5) is 9.76. The van der Waals surface area contributed by atoms with E-state index in [0.29, 0.717) is 12.5 Å². The molecule has 2 aromatic heterocycles. The third-order valence-electron chi connectivity index (χ3n) is 6.32. The van der Waals surface area contributed by atoms with Gasteiger partial charge in [0.15, 0.2) is 0 Å². The Hall–Kier alpha value is -1.69. The average Bonchev–Trinajstić information content (AvgIpc) is 2.98. The van der Waals surface area contributed by atoms with E-state index in [1.807, 2.05) is 6.92 Å². The first-order valence-corrected chi connectivity index (χ1v) is 20.0. The van der Waals surface area contributed by atoms with Crippen LogP contribution in [0.25, 0.3) is 21.8 Å². The molecule has 31 heavy (non-hydrogen) atoms. The molecule has 168 valence electrons. The molecule has 4 N–H and O–H groups in total. The molecule has 6 nitrogen and oxygen atoms in total. The van der Waals surface area contributed by atoms with Crippen LogP contribution in [0.3, 0.4) is 0 Å². The van der Waals surface area contributed by atoms with Crippen LogP contribution in [0.5, 0.6) is 0 Å². The molecule has 0 unspecified atom stereocenters. The van der Waals surface area contributed by atoms with Crippen LogP contribution in [0.2, 0.25) is 4.63 Å². The molecule has 1 aliphatic carbocycles. The molecule has 0 radical (unpaired) electrons. The number of unbranched alkanes of at least 4 members (excludes halogenated alkanes) is 1. The molecular formula is C24H35AtN4O2+2. The summed E-state index contributed by atoms with van der Waals surface area (Å²) in [5.41, 5.74) is 2.59. The molecule has 0 bridgehead atoms. The summed E-state index contributed by atoms with van der Waals surface area (Å²) >= 11 is -3.99. The molecule has 1 aliphatic heterocycles. The van der Waals surface area contributed by atoms with Gasteiger partial charge in [-0.15, -0.1) is 0 Å². The number of pyridine rings is 2. The van der Waals surface area contributed by atoms with E-state index in [9.17, 15) is 4.79 Å². The molecule has 1 fully saturated rings. The van der Waals surface area contributed by atoms with Crippen LogP contribution in [0, 0.1) is 19.9 Å². The Kier molecular flexibility index (Phi) is 6.31. The Bertz CT molecular complexity index is 1060. The van der Waals surface area contributed by atoms with Gasteiger partial charge in [0, 0.05) is 6.42 Å². The molecule has 0 saturated heterocycles. The summed E-state index contributed by atoms with van der Waals surface area (Å²) in [6, 6.07) is 13.7. The van der Waals surface area contributed by atoms with Crippen molar-refractivity contribution in [1.82, 2.24) is 3.26 Å². The fraction of sp³-hybridized carbons (Fsp3) is 0.458. The van der Waals surface area contributed by atoms with E-state index in [4.69, 9.17) is 8.78 Å². The number of aliphatic carboxylic acids is 1. The van der Waals surface area contributed by atoms with Gasteiger partial charge in [-0.3, -0.25) is 4.79 Å². The number of nitrogens with one attached hydrogen (secondary N) is 1. The van der Waals surface area contributed by atoms with Crippen LogP contribution in [0.4, 0.5) is 0 Å². The zero-order chi connectivity index (χ0) is 22.1. The Morgan fingerprint density at radius 1 is 1.06 bits per heavy atom. The maximum atomic E-state index is 9.76. The van der Waals surface area contributed by atoms with Crippen molar-refractivity contribution in [1.29, 1.82) is 0 Å². The van der Waals surface area contributed by atoms with Gasteiger partial charge >= 0.3 is 151 Å². The van der Waals surface area contributed by atoms with E-state index >= 15 is 0 Å². The number of carboxylic acid groups (broad SMARTS) is 1. The van der Waals surface area contributed by atoms with Gasteiger partial charge in [-0.1, -0.05) is 13.3 Å². The summed E-state index contributed by atoms with van der Waals surface area (Å²) < 4.78 is 18.6. The zero-order valence-electron chi connectivity index (χ0n) is 18.6. The molecule has 5 rings (SSSR count). The Balaban J connectivity index is 0.000000289. The van der Waals surface area contributed by atoms with Crippen molar-refractivity contribution in [3.05, 3.63) is 48.8 Å². The van der Waals surface area contributed by atoms with Crippen molar-refractivity contribution in [3.8, 4) is 0 Å². The molecule has 2 aliphatic rings. The molecular weight excluding hydrogens is 586 g/mol. The van der Waals surface area contributed by atoms with Gasteiger partial charge in [-0.25, -0.2) is 0 Å². The first-order chi connectivity index (χ1) is 14.8. The summed E-state index contributed by atoms with van der Waals surface area (Å²) in [6.07, 6.45) is 13.0. The predicted octanol–water partition coefficient (Wildman–Crippen LogP) is 3.82. The topological polar surface area (TPSA) is 83.1 Å². The molecule has 3 heterocycles. The van der Waals surface area contributed by atoms with E-state index in [2.05, 4.69) is 61.7 Å². The molecule has 7 heteroatoms. The second-order valence-corrected chi connectivity index (χ2v) is 22.6. The van der Waals surface area contributed by atoms with Gasteiger partial charge in [0.05, 0.1) is 0 Å². The van der Waals surface area contributed by atoms with Crippen LogP contribution in [0.15, 0.2) is 48.8 Å². The van der Waals surface area contributed by atoms with Crippen molar-refractivity contribution in [2.45, 2.75) is 69.0 Å². The summed E-state index contributed by atoms with van der Waals surface area (Å²) in [7, 11) is 0. The number of nitrogens with two attached hydrogens (primary N) is 1. The van der Waals surface area contributed by atoms with Crippen molar-refractivity contribution in [2.24, 2.45) is 3.68 Å². The van der Waals surface area contributed by atoms with E-state index in [1.54, 1.807) is 0 Å². The molecule has 1 aromatic carbocycles. The van der Waals surface area contributed by atoms with Gasteiger partial charge in [-0.05, 0) is 6.42 Å². The second-order valence-electron chi connectivity index (χ2n) is 8.82. The number of hydrogen-bond acceptors (Lipinski definition) is 3. The SMILES string of the molecule is CCCCC(=O)O.C[At]1(N)(NC2CCCCC2)[n+]2cccc3ccc4ccc[n+]1c4c32. The van der Waals surface area contributed by atoms with Crippen LogP contribution in [0.1, 0.15) is 58.3 Å². The number of rotatable bonds is 5. The van der Waals surface area contributed by atoms with E-state index < -0.39 is 25.9 Å².